The zero-order valence-electron chi connectivity index (χ0n) is 12.4. The van der Waals surface area contributed by atoms with Crippen molar-refractivity contribution in [3.63, 3.8) is 0 Å². The maximum Gasteiger partial charge on any atom is 0.229 e. The summed E-state index contributed by atoms with van der Waals surface area (Å²) in [6, 6.07) is 7.96. The van der Waals surface area contributed by atoms with Crippen LogP contribution in [0.25, 0.3) is 0 Å². The third-order valence-electron chi connectivity index (χ3n) is 4.72. The average Bonchev–Trinajstić information content (AvgIpc) is 2.78. The molecule has 1 aromatic rings. The number of hydrogen-bond donors (Lipinski definition) is 1. The summed E-state index contributed by atoms with van der Waals surface area (Å²) < 4.78 is 5.38. The smallest absolute Gasteiger partial charge is 0.229 e. The van der Waals surface area contributed by atoms with Gasteiger partial charge in [-0.3, -0.25) is 4.79 Å². The van der Waals surface area contributed by atoms with Crippen molar-refractivity contribution in [2.24, 2.45) is 5.41 Å². The SMILES string of the molecule is COc1ccccc1CN1CCC2(CCNCC2)C1=O.Cl. The van der Waals surface area contributed by atoms with Crippen LogP contribution in [0.4, 0.5) is 0 Å². The number of amides is 1. The maximum absolute atomic E-state index is 12.7. The molecule has 1 N–H and O–H groups in total. The molecule has 0 bridgehead atoms. The van der Waals surface area contributed by atoms with Crippen molar-refractivity contribution in [3.05, 3.63) is 29.8 Å². The fourth-order valence-corrected chi connectivity index (χ4v) is 3.45. The number of carbonyl (C=O) groups is 1. The minimum absolute atomic E-state index is 0. The standard InChI is InChI=1S/C16H22N2O2.ClH/c1-20-14-5-3-2-4-13(14)12-18-11-8-16(15(18)19)6-9-17-10-7-16;/h2-5,17H,6-12H2,1H3;1H. The molecule has 21 heavy (non-hydrogen) atoms. The van der Waals surface area contributed by atoms with Crippen LogP contribution in [0.3, 0.4) is 0 Å². The summed E-state index contributed by atoms with van der Waals surface area (Å²) >= 11 is 0. The number of methoxy groups -OCH3 is 1. The van der Waals surface area contributed by atoms with E-state index < -0.39 is 0 Å². The Bertz CT molecular complexity index is 501. The number of rotatable bonds is 3. The van der Waals surface area contributed by atoms with Crippen molar-refractivity contribution in [2.45, 2.75) is 25.8 Å². The number of piperidine rings is 1. The normalized spacial score (nSPS) is 20.4. The van der Waals surface area contributed by atoms with Crippen molar-refractivity contribution in [1.82, 2.24) is 10.2 Å². The van der Waals surface area contributed by atoms with Crippen LogP contribution < -0.4 is 10.1 Å². The molecule has 0 unspecified atom stereocenters. The Labute approximate surface area is 132 Å². The quantitative estimate of drug-likeness (QED) is 0.931. The number of ether oxygens (including phenoxy) is 1. The molecule has 0 saturated carbocycles. The average molecular weight is 311 g/mol. The minimum atomic E-state index is -0.0900. The van der Waals surface area contributed by atoms with Gasteiger partial charge in [-0.05, 0) is 38.4 Å². The highest BCUT2D eigenvalue weighted by Crippen LogP contribution is 2.40. The molecule has 4 nitrogen and oxygen atoms in total. The van der Waals surface area contributed by atoms with E-state index in [1.165, 1.54) is 0 Å². The molecular formula is C16H23ClN2O2. The van der Waals surface area contributed by atoms with Crippen molar-refractivity contribution < 1.29 is 9.53 Å². The van der Waals surface area contributed by atoms with Gasteiger partial charge in [0.15, 0.2) is 0 Å². The summed E-state index contributed by atoms with van der Waals surface area (Å²) in [6.45, 7) is 3.47. The van der Waals surface area contributed by atoms with Gasteiger partial charge in [-0.2, -0.15) is 0 Å². The molecule has 1 spiro atoms. The van der Waals surface area contributed by atoms with Gasteiger partial charge >= 0.3 is 0 Å². The van der Waals surface area contributed by atoms with Crippen LogP contribution in [-0.4, -0.2) is 37.6 Å². The van der Waals surface area contributed by atoms with Gasteiger partial charge in [0.25, 0.3) is 0 Å². The number of benzene rings is 1. The largest absolute Gasteiger partial charge is 0.496 e. The first-order valence-corrected chi connectivity index (χ1v) is 7.37. The molecule has 0 aromatic heterocycles. The zero-order valence-corrected chi connectivity index (χ0v) is 13.2. The minimum Gasteiger partial charge on any atom is -0.496 e. The molecule has 2 heterocycles. The summed E-state index contributed by atoms with van der Waals surface area (Å²) in [5.74, 6) is 1.21. The van der Waals surface area contributed by atoms with Gasteiger partial charge in [0.2, 0.25) is 5.91 Å². The number of halogens is 1. The molecule has 2 saturated heterocycles. The number of likely N-dealkylation sites (tertiary alicyclic amines) is 1. The first-order valence-electron chi connectivity index (χ1n) is 7.37. The Balaban J connectivity index is 0.00000161. The van der Waals surface area contributed by atoms with Gasteiger partial charge in [0.1, 0.15) is 5.75 Å². The second-order valence-electron chi connectivity index (χ2n) is 5.82. The molecule has 1 amide bonds. The molecule has 3 rings (SSSR count). The Morgan fingerprint density at radius 2 is 1.95 bits per heavy atom. The van der Waals surface area contributed by atoms with Crippen molar-refractivity contribution in [2.75, 3.05) is 26.7 Å². The Morgan fingerprint density at radius 1 is 1.24 bits per heavy atom. The van der Waals surface area contributed by atoms with Crippen molar-refractivity contribution >= 4 is 18.3 Å². The topological polar surface area (TPSA) is 41.6 Å². The highest BCUT2D eigenvalue weighted by atomic mass is 35.5. The van der Waals surface area contributed by atoms with Gasteiger partial charge in [-0.15, -0.1) is 12.4 Å². The fraction of sp³-hybridized carbons (Fsp3) is 0.562. The van der Waals surface area contributed by atoms with Crippen LogP contribution in [0.5, 0.6) is 5.75 Å². The molecule has 0 aliphatic carbocycles. The Morgan fingerprint density at radius 3 is 2.67 bits per heavy atom. The molecule has 2 aliphatic heterocycles. The molecule has 0 atom stereocenters. The van der Waals surface area contributed by atoms with Gasteiger partial charge in [0.05, 0.1) is 12.5 Å². The van der Waals surface area contributed by atoms with E-state index in [-0.39, 0.29) is 17.8 Å². The van der Waals surface area contributed by atoms with E-state index in [1.54, 1.807) is 7.11 Å². The Kier molecular flexibility index (Phi) is 5.12. The number of para-hydroxylation sites is 1. The first kappa shape index (κ1) is 16.1. The van der Waals surface area contributed by atoms with Crippen molar-refractivity contribution in [1.29, 1.82) is 0 Å². The van der Waals surface area contributed by atoms with Crippen LogP contribution in [0.1, 0.15) is 24.8 Å². The van der Waals surface area contributed by atoms with E-state index in [0.29, 0.717) is 12.5 Å². The Hall–Kier alpha value is -1.26. The number of nitrogens with one attached hydrogen (secondary N) is 1. The predicted molar refractivity (Wildman–Crippen MR) is 84.8 cm³/mol. The van der Waals surface area contributed by atoms with Crippen LogP contribution >= 0.6 is 12.4 Å². The highest BCUT2D eigenvalue weighted by Gasteiger charge is 2.46. The third kappa shape index (κ3) is 3.01. The molecule has 5 heteroatoms. The summed E-state index contributed by atoms with van der Waals surface area (Å²) in [6.07, 6.45) is 2.96. The maximum atomic E-state index is 12.7. The molecule has 1 aromatic carbocycles. The number of nitrogens with zero attached hydrogens (tertiary/aromatic N) is 1. The molecular weight excluding hydrogens is 288 g/mol. The summed E-state index contributed by atoms with van der Waals surface area (Å²) in [5.41, 5.74) is 1.00. The lowest BCUT2D eigenvalue weighted by Crippen LogP contribution is -2.42. The van der Waals surface area contributed by atoms with E-state index in [9.17, 15) is 4.79 Å². The highest BCUT2D eigenvalue weighted by molar-refractivity contribution is 5.85. The summed E-state index contributed by atoms with van der Waals surface area (Å²) in [4.78, 5) is 14.7. The summed E-state index contributed by atoms with van der Waals surface area (Å²) in [7, 11) is 1.68. The second-order valence-corrected chi connectivity index (χ2v) is 5.82. The van der Waals surface area contributed by atoms with E-state index in [2.05, 4.69) is 5.32 Å². The van der Waals surface area contributed by atoms with Gasteiger partial charge in [-0.25, -0.2) is 0 Å². The second kappa shape index (κ2) is 6.67. The van der Waals surface area contributed by atoms with Gasteiger partial charge in [0, 0.05) is 18.7 Å². The molecule has 116 valence electrons. The predicted octanol–water partition coefficient (Wildman–Crippen LogP) is 2.22. The van der Waals surface area contributed by atoms with E-state index in [1.807, 2.05) is 29.2 Å². The zero-order chi connectivity index (χ0) is 14.0. The molecule has 0 radical (unpaired) electrons. The lowest BCUT2D eigenvalue weighted by Gasteiger charge is -2.32. The van der Waals surface area contributed by atoms with Crippen LogP contribution in [0.15, 0.2) is 24.3 Å². The van der Waals surface area contributed by atoms with Crippen LogP contribution in [0, 0.1) is 5.41 Å². The van der Waals surface area contributed by atoms with Crippen LogP contribution in [0.2, 0.25) is 0 Å². The van der Waals surface area contributed by atoms with Gasteiger partial charge < -0.3 is 15.0 Å². The lowest BCUT2D eigenvalue weighted by molar-refractivity contribution is -0.137. The lowest BCUT2D eigenvalue weighted by atomic mass is 9.78. The van der Waals surface area contributed by atoms with E-state index in [0.717, 1.165) is 50.2 Å². The third-order valence-corrected chi connectivity index (χ3v) is 4.72. The number of carbonyl (C=O) groups excluding carboxylic acids is 1. The van der Waals surface area contributed by atoms with Crippen molar-refractivity contribution in [3.8, 4) is 5.75 Å². The van der Waals surface area contributed by atoms with E-state index >= 15 is 0 Å². The fourth-order valence-electron chi connectivity index (χ4n) is 3.45. The van der Waals surface area contributed by atoms with Crippen LogP contribution in [-0.2, 0) is 11.3 Å². The monoisotopic (exact) mass is 310 g/mol. The number of hydrogen-bond acceptors (Lipinski definition) is 3. The summed E-state index contributed by atoms with van der Waals surface area (Å²) in [5, 5.41) is 3.35. The van der Waals surface area contributed by atoms with E-state index in [4.69, 9.17) is 4.74 Å². The molecule has 2 fully saturated rings. The first-order chi connectivity index (χ1) is 9.75. The van der Waals surface area contributed by atoms with Gasteiger partial charge in [-0.1, -0.05) is 18.2 Å². The molecule has 2 aliphatic rings.